The van der Waals surface area contributed by atoms with Gasteiger partial charge in [0.1, 0.15) is 17.3 Å². The first kappa shape index (κ1) is 31.7. The summed E-state index contributed by atoms with van der Waals surface area (Å²) in [5.41, 5.74) is 4.48. The van der Waals surface area contributed by atoms with Crippen LogP contribution in [0.2, 0.25) is 0 Å². The van der Waals surface area contributed by atoms with Crippen molar-refractivity contribution >= 4 is 30.6 Å². The molecular formula is C31H38Cl2FN7O. The predicted octanol–water partition coefficient (Wildman–Crippen LogP) is 5.12. The van der Waals surface area contributed by atoms with Crippen LogP contribution in [-0.2, 0) is 6.54 Å². The van der Waals surface area contributed by atoms with E-state index < -0.39 is 0 Å². The van der Waals surface area contributed by atoms with Crippen molar-refractivity contribution in [2.24, 2.45) is 5.92 Å². The Labute approximate surface area is 258 Å². The number of anilines is 1. The van der Waals surface area contributed by atoms with Crippen molar-refractivity contribution in [3.63, 3.8) is 0 Å². The van der Waals surface area contributed by atoms with Crippen LogP contribution in [0.25, 0.3) is 28.2 Å². The summed E-state index contributed by atoms with van der Waals surface area (Å²) in [4.78, 5) is 17.8. The lowest BCUT2D eigenvalue weighted by atomic mass is 10.0. The quantitative estimate of drug-likeness (QED) is 0.325. The van der Waals surface area contributed by atoms with E-state index in [1.807, 2.05) is 35.9 Å². The van der Waals surface area contributed by atoms with Gasteiger partial charge in [0, 0.05) is 43.2 Å². The molecule has 0 spiro atoms. The SMILES string of the molecule is Cc1ccccc1-n1nc(-c2c(-c3ccc(F)cc3)nn3c2NCC(CN2CCC(N(C)C)CC2)C3)ccc1=O.Cl.Cl. The molecule has 1 N–H and O–H groups in total. The van der Waals surface area contributed by atoms with E-state index in [0.29, 0.717) is 17.7 Å². The summed E-state index contributed by atoms with van der Waals surface area (Å²) < 4.78 is 17.3. The number of hydrogen-bond acceptors (Lipinski definition) is 6. The van der Waals surface area contributed by atoms with Crippen LogP contribution in [0.15, 0.2) is 65.5 Å². The van der Waals surface area contributed by atoms with Gasteiger partial charge in [-0.15, -0.1) is 24.8 Å². The number of aryl methyl sites for hydroxylation is 1. The van der Waals surface area contributed by atoms with Crippen LogP contribution in [0.3, 0.4) is 0 Å². The summed E-state index contributed by atoms with van der Waals surface area (Å²) in [6.07, 6.45) is 2.39. The molecule has 2 aromatic carbocycles. The molecule has 0 radical (unpaired) electrons. The Morgan fingerprint density at radius 1 is 0.976 bits per heavy atom. The van der Waals surface area contributed by atoms with E-state index in [4.69, 9.17) is 10.2 Å². The average molecular weight is 615 g/mol. The summed E-state index contributed by atoms with van der Waals surface area (Å²) in [6, 6.07) is 18.1. The Balaban J connectivity index is 0.00000202. The van der Waals surface area contributed by atoms with Crippen LogP contribution in [-0.4, -0.2) is 75.7 Å². The zero-order valence-corrected chi connectivity index (χ0v) is 25.8. The van der Waals surface area contributed by atoms with Crippen LogP contribution in [0.1, 0.15) is 18.4 Å². The fraction of sp³-hybridized carbons (Fsp3) is 0.387. The van der Waals surface area contributed by atoms with Crippen LogP contribution in [0, 0.1) is 18.7 Å². The number of nitrogens with zero attached hydrogens (tertiary/aromatic N) is 6. The fourth-order valence-corrected chi connectivity index (χ4v) is 6.00. The molecule has 1 saturated heterocycles. The Morgan fingerprint density at radius 3 is 2.38 bits per heavy atom. The molecule has 0 amide bonds. The van der Waals surface area contributed by atoms with E-state index in [9.17, 15) is 9.18 Å². The molecule has 1 atom stereocenters. The maximum Gasteiger partial charge on any atom is 0.271 e. The maximum absolute atomic E-state index is 13.8. The number of halogens is 3. The number of para-hydroxylation sites is 1. The number of nitrogens with one attached hydrogen (secondary N) is 1. The molecule has 2 aliphatic heterocycles. The third-order valence-electron chi connectivity index (χ3n) is 8.26. The minimum atomic E-state index is -0.295. The van der Waals surface area contributed by atoms with Gasteiger partial charge in [0.15, 0.2) is 0 Å². The van der Waals surface area contributed by atoms with E-state index in [0.717, 1.165) is 66.6 Å². The van der Waals surface area contributed by atoms with Crippen molar-refractivity contribution in [1.29, 1.82) is 0 Å². The second-order valence-electron chi connectivity index (χ2n) is 11.3. The highest BCUT2D eigenvalue weighted by Gasteiger charge is 2.30. The summed E-state index contributed by atoms with van der Waals surface area (Å²) >= 11 is 0. The van der Waals surface area contributed by atoms with Gasteiger partial charge in [0.2, 0.25) is 0 Å². The third kappa shape index (κ3) is 6.39. The molecule has 2 aliphatic rings. The zero-order valence-electron chi connectivity index (χ0n) is 24.2. The van der Waals surface area contributed by atoms with Gasteiger partial charge < -0.3 is 15.1 Å². The van der Waals surface area contributed by atoms with Crippen LogP contribution in [0.5, 0.6) is 0 Å². The predicted molar refractivity (Wildman–Crippen MR) is 171 cm³/mol. The molecule has 0 aliphatic carbocycles. The zero-order chi connectivity index (χ0) is 27.8. The Bertz CT molecular complexity index is 1560. The lowest BCUT2D eigenvalue weighted by Gasteiger charge is -2.37. The largest absolute Gasteiger partial charge is 0.369 e. The first-order valence-corrected chi connectivity index (χ1v) is 14.0. The molecule has 0 saturated carbocycles. The third-order valence-corrected chi connectivity index (χ3v) is 8.26. The molecule has 4 aromatic rings. The van der Waals surface area contributed by atoms with E-state index in [2.05, 4.69) is 29.2 Å². The number of piperidine rings is 1. The molecule has 42 heavy (non-hydrogen) atoms. The van der Waals surface area contributed by atoms with Crippen molar-refractivity contribution in [1.82, 2.24) is 29.4 Å². The first-order valence-electron chi connectivity index (χ1n) is 14.0. The van der Waals surface area contributed by atoms with Gasteiger partial charge in [-0.05, 0) is 88.9 Å². The highest BCUT2D eigenvalue weighted by molar-refractivity contribution is 5.87. The smallest absolute Gasteiger partial charge is 0.271 e. The molecular weight excluding hydrogens is 576 g/mol. The summed E-state index contributed by atoms with van der Waals surface area (Å²) in [6.45, 7) is 6.81. The van der Waals surface area contributed by atoms with Crippen molar-refractivity contribution in [3.8, 4) is 28.2 Å². The molecule has 11 heteroatoms. The number of fused-ring (bicyclic) bond motifs is 1. The second kappa shape index (κ2) is 13.4. The van der Waals surface area contributed by atoms with Crippen LogP contribution < -0.4 is 10.9 Å². The fourth-order valence-electron chi connectivity index (χ4n) is 6.00. The molecule has 4 heterocycles. The molecule has 224 valence electrons. The van der Waals surface area contributed by atoms with Crippen molar-refractivity contribution < 1.29 is 4.39 Å². The lowest BCUT2D eigenvalue weighted by molar-refractivity contribution is 0.126. The van der Waals surface area contributed by atoms with E-state index in [1.54, 1.807) is 24.3 Å². The first-order chi connectivity index (χ1) is 19.4. The van der Waals surface area contributed by atoms with Gasteiger partial charge in [-0.25, -0.2) is 9.07 Å². The number of benzene rings is 2. The molecule has 0 bridgehead atoms. The van der Waals surface area contributed by atoms with E-state index in [-0.39, 0.29) is 36.2 Å². The van der Waals surface area contributed by atoms with Gasteiger partial charge in [-0.1, -0.05) is 18.2 Å². The number of aromatic nitrogens is 4. The van der Waals surface area contributed by atoms with Crippen molar-refractivity contribution in [3.05, 3.63) is 82.4 Å². The molecule has 6 rings (SSSR count). The minimum Gasteiger partial charge on any atom is -0.369 e. The summed E-state index contributed by atoms with van der Waals surface area (Å²) in [5.74, 6) is 0.993. The Hall–Kier alpha value is -3.24. The van der Waals surface area contributed by atoms with Crippen LogP contribution >= 0.6 is 24.8 Å². The number of hydrogen-bond donors (Lipinski definition) is 1. The number of rotatable bonds is 6. The van der Waals surface area contributed by atoms with E-state index >= 15 is 0 Å². The topological polar surface area (TPSA) is 71.2 Å². The van der Waals surface area contributed by atoms with Gasteiger partial charge in [-0.2, -0.15) is 14.9 Å². The molecule has 8 nitrogen and oxygen atoms in total. The minimum absolute atomic E-state index is 0. The van der Waals surface area contributed by atoms with Gasteiger partial charge in [0.25, 0.3) is 5.56 Å². The standard InChI is InChI=1S/C31H36FN7O.2ClH/c1-21-6-4-5-7-27(21)39-28(40)13-12-26(34-39)29-30(23-8-10-24(32)11-9-23)35-38-20-22(18-33-31(29)38)19-37-16-14-25(15-17-37)36(2)3;;/h4-13,22,25,33H,14-20H2,1-3H3;2*1H. The van der Waals surface area contributed by atoms with Gasteiger partial charge >= 0.3 is 0 Å². The normalized spacial score (nSPS) is 17.2. The Morgan fingerprint density at radius 2 is 1.69 bits per heavy atom. The van der Waals surface area contributed by atoms with Crippen LogP contribution in [0.4, 0.5) is 10.2 Å². The van der Waals surface area contributed by atoms with Gasteiger partial charge in [0.05, 0.1) is 16.9 Å². The second-order valence-corrected chi connectivity index (χ2v) is 11.3. The highest BCUT2D eigenvalue weighted by atomic mass is 35.5. The molecule has 1 unspecified atom stereocenters. The maximum atomic E-state index is 13.8. The van der Waals surface area contributed by atoms with Crippen molar-refractivity contribution in [2.75, 3.05) is 45.6 Å². The Kier molecular flexibility index (Phi) is 10.1. The molecule has 2 aromatic heterocycles. The van der Waals surface area contributed by atoms with Crippen molar-refractivity contribution in [2.45, 2.75) is 32.4 Å². The number of likely N-dealkylation sites (tertiary alicyclic amines) is 1. The summed E-state index contributed by atoms with van der Waals surface area (Å²) in [5, 5.41) is 13.5. The average Bonchev–Trinajstić information content (AvgIpc) is 3.33. The van der Waals surface area contributed by atoms with Gasteiger partial charge in [-0.3, -0.25) is 4.79 Å². The van der Waals surface area contributed by atoms with E-state index in [1.165, 1.54) is 29.7 Å². The summed E-state index contributed by atoms with van der Waals surface area (Å²) in [7, 11) is 4.34. The lowest BCUT2D eigenvalue weighted by Crippen LogP contribution is -2.45. The molecule has 1 fully saturated rings. The highest BCUT2D eigenvalue weighted by Crippen LogP contribution is 2.39. The monoisotopic (exact) mass is 613 g/mol.